The summed E-state index contributed by atoms with van der Waals surface area (Å²) in [5.41, 5.74) is -0.749. The molecule has 4 nitrogen and oxygen atoms in total. The molecule has 3 rings (SSSR count). The molecule has 2 saturated heterocycles. The van der Waals surface area contributed by atoms with Crippen LogP contribution in [-0.2, 0) is 9.53 Å². The van der Waals surface area contributed by atoms with Gasteiger partial charge in [0.05, 0.1) is 24.3 Å². The molecule has 92 valence electrons. The van der Waals surface area contributed by atoms with Gasteiger partial charge < -0.3 is 10.1 Å². The van der Waals surface area contributed by atoms with Crippen molar-refractivity contribution in [2.24, 2.45) is 11.3 Å². The first-order chi connectivity index (χ1) is 8.13. The lowest BCUT2D eigenvalue weighted by Gasteiger charge is -2.40. The molecule has 0 radical (unpaired) electrons. The van der Waals surface area contributed by atoms with Crippen LogP contribution >= 0.6 is 0 Å². The van der Waals surface area contributed by atoms with E-state index < -0.39 is 5.41 Å². The van der Waals surface area contributed by atoms with E-state index in [1.165, 1.54) is 0 Å². The molecule has 0 aromatic heterocycles. The highest BCUT2D eigenvalue weighted by Gasteiger charge is 2.51. The fourth-order valence-corrected chi connectivity index (χ4v) is 3.55. The molecule has 3 aliphatic rings. The predicted octanol–water partition coefficient (Wildman–Crippen LogP) is 1.36. The van der Waals surface area contributed by atoms with E-state index in [1.807, 2.05) is 0 Å². The van der Waals surface area contributed by atoms with Crippen LogP contribution < -0.4 is 5.32 Å². The molecule has 3 fully saturated rings. The van der Waals surface area contributed by atoms with Crippen molar-refractivity contribution in [3.8, 4) is 6.07 Å². The standard InChI is InChI=1S/C13H18N2O2/c1-8-5-13(6-8,7-14)12(16)15-10-4-9-2-3-11(10)17-9/h8-11H,2-6H2,1H3,(H,15,16). The van der Waals surface area contributed by atoms with Gasteiger partial charge in [-0.25, -0.2) is 0 Å². The molecule has 1 N–H and O–H groups in total. The molecule has 0 spiro atoms. The van der Waals surface area contributed by atoms with Crippen LogP contribution in [0.15, 0.2) is 0 Å². The predicted molar refractivity (Wildman–Crippen MR) is 60.9 cm³/mol. The maximum Gasteiger partial charge on any atom is 0.240 e. The van der Waals surface area contributed by atoms with Gasteiger partial charge in [0, 0.05) is 0 Å². The Hall–Kier alpha value is -1.08. The Bertz CT molecular complexity index is 381. The third-order valence-electron chi connectivity index (χ3n) is 4.47. The Morgan fingerprint density at radius 3 is 2.71 bits per heavy atom. The lowest BCUT2D eigenvalue weighted by Crippen LogP contribution is -2.53. The summed E-state index contributed by atoms with van der Waals surface area (Å²) in [4.78, 5) is 12.2. The molecule has 1 saturated carbocycles. The number of nitrogens with zero attached hydrogens (tertiary/aromatic N) is 1. The topological polar surface area (TPSA) is 62.1 Å². The van der Waals surface area contributed by atoms with Gasteiger partial charge in [-0.05, 0) is 38.0 Å². The van der Waals surface area contributed by atoms with Crippen LogP contribution in [0.5, 0.6) is 0 Å². The number of carbonyl (C=O) groups is 1. The van der Waals surface area contributed by atoms with E-state index in [2.05, 4.69) is 18.3 Å². The molecule has 0 aromatic carbocycles. The summed E-state index contributed by atoms with van der Waals surface area (Å²) >= 11 is 0. The van der Waals surface area contributed by atoms with E-state index in [4.69, 9.17) is 4.74 Å². The Morgan fingerprint density at radius 1 is 1.47 bits per heavy atom. The van der Waals surface area contributed by atoms with Crippen LogP contribution in [0, 0.1) is 22.7 Å². The van der Waals surface area contributed by atoms with Crippen LogP contribution in [-0.4, -0.2) is 24.2 Å². The lowest BCUT2D eigenvalue weighted by atomic mass is 9.63. The SMILES string of the molecule is CC1CC(C#N)(C(=O)NC2CC3CCC2O3)C1. The Balaban J connectivity index is 1.62. The van der Waals surface area contributed by atoms with Gasteiger partial charge in [-0.1, -0.05) is 6.92 Å². The number of carbonyl (C=O) groups excluding carboxylic acids is 1. The number of ether oxygens (including phenoxy) is 1. The molecule has 0 aromatic rings. The van der Waals surface area contributed by atoms with Gasteiger partial charge in [0.2, 0.25) is 5.91 Å². The van der Waals surface area contributed by atoms with Crippen molar-refractivity contribution in [3.05, 3.63) is 0 Å². The second kappa shape index (κ2) is 3.71. The number of amides is 1. The smallest absolute Gasteiger partial charge is 0.240 e. The van der Waals surface area contributed by atoms with Crippen LogP contribution in [0.3, 0.4) is 0 Å². The monoisotopic (exact) mass is 234 g/mol. The number of hydrogen-bond donors (Lipinski definition) is 1. The molecule has 1 amide bonds. The fraction of sp³-hybridized carbons (Fsp3) is 0.846. The van der Waals surface area contributed by atoms with Gasteiger partial charge >= 0.3 is 0 Å². The summed E-state index contributed by atoms with van der Waals surface area (Å²) in [5, 5.41) is 12.2. The summed E-state index contributed by atoms with van der Waals surface area (Å²) in [5.74, 6) is 0.427. The highest BCUT2D eigenvalue weighted by atomic mass is 16.5. The minimum Gasteiger partial charge on any atom is -0.373 e. The third kappa shape index (κ3) is 1.64. The van der Waals surface area contributed by atoms with Crippen molar-refractivity contribution >= 4 is 5.91 Å². The normalized spacial score (nSPS) is 47.3. The lowest BCUT2D eigenvalue weighted by molar-refractivity contribution is -0.135. The number of nitrogens with one attached hydrogen (secondary N) is 1. The van der Waals surface area contributed by atoms with Crippen molar-refractivity contribution in [1.29, 1.82) is 5.26 Å². The number of hydrogen-bond acceptors (Lipinski definition) is 3. The number of nitriles is 1. The Kier molecular flexibility index (Phi) is 2.41. The van der Waals surface area contributed by atoms with Crippen LogP contribution in [0.2, 0.25) is 0 Å². The first kappa shape index (κ1) is 11.0. The van der Waals surface area contributed by atoms with Gasteiger partial charge in [0.1, 0.15) is 5.41 Å². The highest BCUT2D eigenvalue weighted by molar-refractivity contribution is 5.86. The maximum absolute atomic E-state index is 12.2. The maximum atomic E-state index is 12.2. The van der Waals surface area contributed by atoms with Crippen LogP contribution in [0.4, 0.5) is 0 Å². The van der Waals surface area contributed by atoms with Crippen molar-refractivity contribution in [1.82, 2.24) is 5.32 Å². The van der Waals surface area contributed by atoms with E-state index in [-0.39, 0.29) is 18.1 Å². The van der Waals surface area contributed by atoms with E-state index in [9.17, 15) is 10.1 Å². The first-order valence-corrected chi connectivity index (χ1v) is 6.51. The van der Waals surface area contributed by atoms with E-state index in [0.717, 1.165) is 19.3 Å². The zero-order valence-corrected chi connectivity index (χ0v) is 10.1. The van der Waals surface area contributed by atoms with Crippen molar-refractivity contribution in [2.75, 3.05) is 0 Å². The molecular weight excluding hydrogens is 216 g/mol. The molecule has 4 heteroatoms. The van der Waals surface area contributed by atoms with Crippen molar-refractivity contribution in [2.45, 2.75) is 57.3 Å². The average molecular weight is 234 g/mol. The number of rotatable bonds is 2. The Labute approximate surface area is 101 Å². The summed E-state index contributed by atoms with van der Waals surface area (Å²) in [7, 11) is 0. The largest absolute Gasteiger partial charge is 0.373 e. The molecule has 2 bridgehead atoms. The van der Waals surface area contributed by atoms with E-state index in [0.29, 0.717) is 24.9 Å². The molecule has 2 heterocycles. The molecule has 3 atom stereocenters. The minimum atomic E-state index is -0.749. The zero-order chi connectivity index (χ0) is 12.0. The van der Waals surface area contributed by atoms with Crippen LogP contribution in [0.25, 0.3) is 0 Å². The third-order valence-corrected chi connectivity index (χ3v) is 4.47. The van der Waals surface area contributed by atoms with E-state index >= 15 is 0 Å². The summed E-state index contributed by atoms with van der Waals surface area (Å²) in [6, 6.07) is 2.35. The quantitative estimate of drug-likeness (QED) is 0.784. The van der Waals surface area contributed by atoms with Crippen molar-refractivity contribution < 1.29 is 9.53 Å². The van der Waals surface area contributed by atoms with Gasteiger partial charge in [-0.15, -0.1) is 0 Å². The summed E-state index contributed by atoms with van der Waals surface area (Å²) in [6.07, 6.45) is 5.03. The number of fused-ring (bicyclic) bond motifs is 2. The zero-order valence-electron chi connectivity index (χ0n) is 10.1. The highest BCUT2D eigenvalue weighted by Crippen LogP contribution is 2.45. The second-order valence-corrected chi connectivity index (χ2v) is 5.90. The van der Waals surface area contributed by atoms with Crippen LogP contribution in [0.1, 0.15) is 39.0 Å². The minimum absolute atomic E-state index is 0.0701. The summed E-state index contributed by atoms with van der Waals surface area (Å²) in [6.45, 7) is 2.09. The molecule has 17 heavy (non-hydrogen) atoms. The first-order valence-electron chi connectivity index (χ1n) is 6.51. The Morgan fingerprint density at radius 2 is 2.24 bits per heavy atom. The van der Waals surface area contributed by atoms with Gasteiger partial charge in [0.25, 0.3) is 0 Å². The molecular formula is C13H18N2O2. The molecule has 1 aliphatic carbocycles. The molecule has 2 aliphatic heterocycles. The molecule has 3 unspecified atom stereocenters. The summed E-state index contributed by atoms with van der Waals surface area (Å²) < 4.78 is 5.71. The van der Waals surface area contributed by atoms with Gasteiger partial charge in [0.15, 0.2) is 0 Å². The van der Waals surface area contributed by atoms with Gasteiger partial charge in [-0.3, -0.25) is 4.79 Å². The van der Waals surface area contributed by atoms with Gasteiger partial charge in [-0.2, -0.15) is 5.26 Å². The average Bonchev–Trinajstić information content (AvgIpc) is 2.86. The fourth-order valence-electron chi connectivity index (χ4n) is 3.55. The second-order valence-electron chi connectivity index (χ2n) is 5.90. The van der Waals surface area contributed by atoms with Crippen molar-refractivity contribution in [3.63, 3.8) is 0 Å². The van der Waals surface area contributed by atoms with E-state index in [1.54, 1.807) is 0 Å².